The molecule has 0 aromatic rings. The van der Waals surface area contributed by atoms with E-state index in [0.717, 1.165) is 0 Å². The predicted molar refractivity (Wildman–Crippen MR) is 53.6 cm³/mol. The van der Waals surface area contributed by atoms with Gasteiger partial charge >= 0.3 is 0 Å². The molecule has 1 atom stereocenters. The van der Waals surface area contributed by atoms with Gasteiger partial charge in [0.1, 0.15) is 5.78 Å². The molecule has 0 aromatic heterocycles. The van der Waals surface area contributed by atoms with Crippen LogP contribution < -0.4 is 0 Å². The Bertz CT molecular complexity index is 156. The Hall–Kier alpha value is -0.0400. The molecule has 0 spiro atoms. The zero-order valence-corrected chi connectivity index (χ0v) is 9.40. The van der Waals surface area contributed by atoms with Gasteiger partial charge in [0.05, 0.1) is 0 Å². The molecule has 1 nitrogen and oxygen atoms in total. The van der Waals surface area contributed by atoms with Crippen molar-refractivity contribution in [2.45, 2.75) is 46.4 Å². The smallest absolute Gasteiger partial charge is 0.139 e. The molecule has 0 aliphatic carbocycles. The second kappa shape index (κ2) is 4.27. The fourth-order valence-electron chi connectivity index (χ4n) is 0.719. The van der Waals surface area contributed by atoms with E-state index in [2.05, 4.69) is 0 Å². The minimum absolute atomic E-state index is 0.0169. The van der Waals surface area contributed by atoms with Crippen molar-refractivity contribution in [1.29, 1.82) is 0 Å². The second-order valence-electron chi connectivity index (χ2n) is 4.64. The summed E-state index contributed by atoms with van der Waals surface area (Å²) < 4.78 is 0. The third kappa shape index (κ3) is 4.10. The molecule has 0 bridgehead atoms. The fourth-order valence-corrected chi connectivity index (χ4v) is 0.859. The summed E-state index contributed by atoms with van der Waals surface area (Å²) in [7, 11) is 0. The number of alkyl halides is 1. The summed E-state index contributed by atoms with van der Waals surface area (Å²) in [6.07, 6.45) is 0.489. The molecule has 2 heteroatoms. The van der Waals surface area contributed by atoms with Crippen LogP contribution in [-0.2, 0) is 4.79 Å². The zero-order valence-electron chi connectivity index (χ0n) is 8.65. The largest absolute Gasteiger partial charge is 0.299 e. The SMILES string of the molecule is CC(C)C(Cl)CC(=O)C(C)(C)C. The minimum Gasteiger partial charge on any atom is -0.299 e. The average molecular weight is 191 g/mol. The first-order valence-electron chi connectivity index (χ1n) is 4.42. The van der Waals surface area contributed by atoms with Crippen LogP contribution in [0.4, 0.5) is 0 Å². The highest BCUT2D eigenvalue weighted by Crippen LogP contribution is 2.22. The molecular formula is C10H19ClO. The van der Waals surface area contributed by atoms with Crippen LogP contribution in [0.1, 0.15) is 41.0 Å². The van der Waals surface area contributed by atoms with E-state index in [4.69, 9.17) is 11.6 Å². The van der Waals surface area contributed by atoms with Gasteiger partial charge in [0.25, 0.3) is 0 Å². The number of hydrogen-bond donors (Lipinski definition) is 0. The average Bonchev–Trinajstić information content (AvgIpc) is 1.85. The van der Waals surface area contributed by atoms with Crippen molar-refractivity contribution in [3.05, 3.63) is 0 Å². The quantitative estimate of drug-likeness (QED) is 0.625. The summed E-state index contributed by atoms with van der Waals surface area (Å²) in [4.78, 5) is 11.5. The van der Waals surface area contributed by atoms with Gasteiger partial charge in [-0.1, -0.05) is 34.6 Å². The molecule has 0 amide bonds. The molecule has 72 valence electrons. The maximum atomic E-state index is 11.5. The van der Waals surface area contributed by atoms with E-state index in [-0.39, 0.29) is 16.6 Å². The van der Waals surface area contributed by atoms with Crippen LogP contribution in [0.2, 0.25) is 0 Å². The molecule has 0 heterocycles. The highest BCUT2D eigenvalue weighted by Gasteiger charge is 2.24. The van der Waals surface area contributed by atoms with Gasteiger partial charge in [-0.3, -0.25) is 4.79 Å². The van der Waals surface area contributed by atoms with E-state index >= 15 is 0 Å². The number of Topliss-reactive ketones (excluding diaryl/α,β-unsaturated/α-hetero) is 1. The van der Waals surface area contributed by atoms with E-state index in [1.807, 2.05) is 34.6 Å². The molecule has 12 heavy (non-hydrogen) atoms. The number of carbonyl (C=O) groups excluding carboxylic acids is 1. The molecule has 0 aliphatic rings. The monoisotopic (exact) mass is 190 g/mol. The van der Waals surface area contributed by atoms with Gasteiger partial charge in [0, 0.05) is 17.2 Å². The molecule has 1 unspecified atom stereocenters. The maximum absolute atomic E-state index is 11.5. The maximum Gasteiger partial charge on any atom is 0.139 e. The highest BCUT2D eigenvalue weighted by atomic mass is 35.5. The van der Waals surface area contributed by atoms with Gasteiger partial charge in [0.15, 0.2) is 0 Å². The molecular weight excluding hydrogens is 172 g/mol. The van der Waals surface area contributed by atoms with Gasteiger partial charge < -0.3 is 0 Å². The number of carbonyl (C=O) groups is 1. The lowest BCUT2D eigenvalue weighted by atomic mass is 9.87. The molecule has 0 fully saturated rings. The zero-order chi connectivity index (χ0) is 9.94. The summed E-state index contributed by atoms with van der Waals surface area (Å²) in [6.45, 7) is 9.86. The van der Waals surface area contributed by atoms with Crippen molar-refractivity contribution in [1.82, 2.24) is 0 Å². The number of ketones is 1. The Balaban J connectivity index is 4.02. The molecule has 0 saturated carbocycles. The summed E-state index contributed by atoms with van der Waals surface area (Å²) in [5.41, 5.74) is -0.248. The molecule has 0 aliphatic heterocycles. The van der Waals surface area contributed by atoms with E-state index in [0.29, 0.717) is 12.3 Å². The van der Waals surface area contributed by atoms with Crippen molar-refractivity contribution >= 4 is 17.4 Å². The van der Waals surface area contributed by atoms with Gasteiger partial charge in [-0.15, -0.1) is 11.6 Å². The van der Waals surface area contributed by atoms with E-state index in [1.54, 1.807) is 0 Å². The summed E-state index contributed by atoms with van der Waals surface area (Å²) in [5, 5.41) is -0.0169. The third-order valence-corrected chi connectivity index (χ3v) is 2.60. The number of hydrogen-bond acceptors (Lipinski definition) is 1. The van der Waals surface area contributed by atoms with Crippen LogP contribution in [0.5, 0.6) is 0 Å². The Kier molecular flexibility index (Phi) is 4.25. The van der Waals surface area contributed by atoms with Crippen molar-refractivity contribution in [2.75, 3.05) is 0 Å². The van der Waals surface area contributed by atoms with Crippen LogP contribution in [0.25, 0.3) is 0 Å². The Morgan fingerprint density at radius 2 is 1.75 bits per heavy atom. The molecule has 0 rings (SSSR count). The molecule has 0 N–H and O–H groups in total. The standard InChI is InChI=1S/C10H19ClO/c1-7(2)8(11)6-9(12)10(3,4)5/h7-8H,6H2,1-5H3. The number of rotatable bonds is 3. The molecule has 0 radical (unpaired) electrons. The van der Waals surface area contributed by atoms with E-state index < -0.39 is 0 Å². The van der Waals surface area contributed by atoms with Gasteiger partial charge in [-0.05, 0) is 5.92 Å². The first-order chi connectivity index (χ1) is 5.25. The van der Waals surface area contributed by atoms with Crippen LogP contribution in [-0.4, -0.2) is 11.2 Å². The highest BCUT2D eigenvalue weighted by molar-refractivity contribution is 6.22. The third-order valence-electron chi connectivity index (χ3n) is 1.94. The van der Waals surface area contributed by atoms with Crippen LogP contribution in [0, 0.1) is 11.3 Å². The lowest BCUT2D eigenvalue weighted by Gasteiger charge is -2.20. The first kappa shape index (κ1) is 12.0. The predicted octanol–water partition coefficient (Wildman–Crippen LogP) is 3.26. The minimum atomic E-state index is -0.248. The van der Waals surface area contributed by atoms with Crippen LogP contribution in [0.15, 0.2) is 0 Å². The van der Waals surface area contributed by atoms with Gasteiger partial charge in [-0.2, -0.15) is 0 Å². The van der Waals surface area contributed by atoms with Gasteiger partial charge in [0.2, 0.25) is 0 Å². The normalized spacial score (nSPS) is 14.9. The van der Waals surface area contributed by atoms with E-state index in [1.165, 1.54) is 0 Å². The van der Waals surface area contributed by atoms with Crippen LogP contribution >= 0.6 is 11.6 Å². The van der Waals surface area contributed by atoms with Crippen molar-refractivity contribution in [2.24, 2.45) is 11.3 Å². The summed E-state index contributed by atoms with van der Waals surface area (Å²) in [5.74, 6) is 0.620. The van der Waals surface area contributed by atoms with Crippen molar-refractivity contribution in [3.8, 4) is 0 Å². The topological polar surface area (TPSA) is 17.1 Å². The molecule has 0 aromatic carbocycles. The lowest BCUT2D eigenvalue weighted by Crippen LogP contribution is -2.25. The molecule has 0 saturated heterocycles. The van der Waals surface area contributed by atoms with Crippen LogP contribution in [0.3, 0.4) is 0 Å². The second-order valence-corrected chi connectivity index (χ2v) is 5.20. The lowest BCUT2D eigenvalue weighted by molar-refractivity contribution is -0.126. The van der Waals surface area contributed by atoms with Crippen molar-refractivity contribution in [3.63, 3.8) is 0 Å². The van der Waals surface area contributed by atoms with Crippen molar-refractivity contribution < 1.29 is 4.79 Å². The van der Waals surface area contributed by atoms with Gasteiger partial charge in [-0.25, -0.2) is 0 Å². The first-order valence-corrected chi connectivity index (χ1v) is 4.86. The fraction of sp³-hybridized carbons (Fsp3) is 0.900. The Morgan fingerprint density at radius 1 is 1.33 bits per heavy atom. The Morgan fingerprint density at radius 3 is 2.00 bits per heavy atom. The number of halogens is 1. The Labute approximate surface area is 80.5 Å². The van der Waals surface area contributed by atoms with E-state index in [9.17, 15) is 4.79 Å². The summed E-state index contributed by atoms with van der Waals surface area (Å²) in [6, 6.07) is 0. The summed E-state index contributed by atoms with van der Waals surface area (Å²) >= 11 is 6.00.